The summed E-state index contributed by atoms with van der Waals surface area (Å²) in [5.41, 5.74) is 0.124. The lowest BCUT2D eigenvalue weighted by atomic mass is 10.3. The molecule has 0 fully saturated rings. The maximum Gasteiger partial charge on any atom is 0.394 e. The average Bonchev–Trinajstić information content (AvgIpc) is 2.32. The smallest absolute Gasteiger partial charge is 0.264 e. The minimum Gasteiger partial charge on any atom is -0.264 e. The van der Waals surface area contributed by atoms with Crippen LogP contribution in [-0.2, 0) is 0 Å². The fourth-order valence-electron chi connectivity index (χ4n) is 0.953. The summed E-state index contributed by atoms with van der Waals surface area (Å²) < 4.78 is 35.4. The summed E-state index contributed by atoms with van der Waals surface area (Å²) in [6.45, 7) is 1.93. The summed E-state index contributed by atoms with van der Waals surface area (Å²) in [5, 5.41) is 0. The largest absolute Gasteiger partial charge is 0.394 e. The van der Waals surface area contributed by atoms with Crippen LogP contribution in [0.25, 0.3) is 0 Å². The minimum absolute atomic E-state index is 0.114. The van der Waals surface area contributed by atoms with E-state index < -0.39 is 12.6 Å². The maximum atomic E-state index is 11.8. The molecule has 0 saturated heterocycles. The zero-order valence-corrected chi connectivity index (χ0v) is 6.65. The van der Waals surface area contributed by atoms with E-state index in [4.69, 9.17) is 0 Å². The summed E-state index contributed by atoms with van der Waals surface area (Å²) in [6, 6.07) is 0. The Kier molecular flexibility index (Phi) is 2.49. The lowest BCUT2D eigenvalue weighted by Gasteiger charge is -2.03. The summed E-state index contributed by atoms with van der Waals surface area (Å²) in [4.78, 5) is 7.57. The molecule has 0 saturated carbocycles. The van der Waals surface area contributed by atoms with Crippen LogP contribution in [0, 0.1) is 0 Å². The Labute approximate surface area is 68.2 Å². The van der Waals surface area contributed by atoms with Crippen molar-refractivity contribution in [3.05, 3.63) is 0 Å². The van der Waals surface area contributed by atoms with Crippen molar-refractivity contribution in [2.45, 2.75) is 25.9 Å². The van der Waals surface area contributed by atoms with Gasteiger partial charge in [-0.1, -0.05) is 6.92 Å². The Morgan fingerprint density at radius 2 is 2.08 bits per heavy atom. The molecule has 0 aromatic rings. The van der Waals surface area contributed by atoms with E-state index in [-0.39, 0.29) is 12.3 Å². The molecule has 68 valence electrons. The van der Waals surface area contributed by atoms with Crippen LogP contribution in [0.5, 0.6) is 0 Å². The Morgan fingerprint density at radius 3 is 2.50 bits per heavy atom. The van der Waals surface area contributed by atoms with Crippen LogP contribution in [-0.4, -0.2) is 24.3 Å². The molecule has 0 bridgehead atoms. The van der Waals surface area contributed by atoms with Gasteiger partial charge in [0.15, 0.2) is 0 Å². The second-order valence-electron chi connectivity index (χ2n) is 2.56. The van der Waals surface area contributed by atoms with Crippen molar-refractivity contribution in [2.24, 2.45) is 9.98 Å². The van der Waals surface area contributed by atoms with Gasteiger partial charge in [0.25, 0.3) is 0 Å². The highest BCUT2D eigenvalue weighted by atomic mass is 19.4. The molecular weight excluding hydrogens is 169 g/mol. The van der Waals surface area contributed by atoms with Gasteiger partial charge in [0.05, 0.1) is 18.7 Å². The SMILES string of the molecule is CCC1=NCC(CC(F)(F)F)=N1. The Morgan fingerprint density at radius 1 is 1.42 bits per heavy atom. The number of hydrogen-bond donors (Lipinski definition) is 0. The molecule has 1 aliphatic rings. The number of amidine groups is 1. The first-order chi connectivity index (χ1) is 5.51. The topological polar surface area (TPSA) is 24.7 Å². The van der Waals surface area contributed by atoms with Gasteiger partial charge in [0.1, 0.15) is 5.84 Å². The lowest BCUT2D eigenvalue weighted by Crippen LogP contribution is -2.15. The number of aliphatic imine (C=N–C) groups is 2. The predicted molar refractivity (Wildman–Crippen MR) is 40.7 cm³/mol. The third-order valence-electron chi connectivity index (χ3n) is 1.45. The van der Waals surface area contributed by atoms with Gasteiger partial charge < -0.3 is 0 Å². The average molecular weight is 178 g/mol. The highest BCUT2D eigenvalue weighted by Crippen LogP contribution is 2.21. The third-order valence-corrected chi connectivity index (χ3v) is 1.45. The number of nitrogens with zero attached hydrogens (tertiary/aromatic N) is 2. The van der Waals surface area contributed by atoms with Crippen LogP contribution in [0.2, 0.25) is 0 Å². The molecule has 0 aromatic heterocycles. The van der Waals surface area contributed by atoms with Gasteiger partial charge in [-0.05, 0) is 0 Å². The van der Waals surface area contributed by atoms with Crippen LogP contribution in [0.1, 0.15) is 19.8 Å². The van der Waals surface area contributed by atoms with Crippen LogP contribution in [0.4, 0.5) is 13.2 Å². The first-order valence-corrected chi connectivity index (χ1v) is 3.68. The van der Waals surface area contributed by atoms with E-state index in [2.05, 4.69) is 9.98 Å². The monoisotopic (exact) mass is 178 g/mol. The summed E-state index contributed by atoms with van der Waals surface area (Å²) >= 11 is 0. The second-order valence-corrected chi connectivity index (χ2v) is 2.56. The molecule has 1 heterocycles. The van der Waals surface area contributed by atoms with Crippen molar-refractivity contribution >= 4 is 11.5 Å². The first kappa shape index (κ1) is 9.22. The highest BCUT2D eigenvalue weighted by Gasteiger charge is 2.30. The van der Waals surface area contributed by atoms with E-state index >= 15 is 0 Å². The Hall–Kier alpha value is -0.870. The molecule has 0 aliphatic carbocycles. The van der Waals surface area contributed by atoms with Gasteiger partial charge in [0.2, 0.25) is 0 Å². The Bertz CT molecular complexity index is 227. The molecule has 0 amide bonds. The van der Waals surface area contributed by atoms with Gasteiger partial charge in [0, 0.05) is 6.42 Å². The van der Waals surface area contributed by atoms with Gasteiger partial charge in [-0.3, -0.25) is 4.99 Å². The zero-order valence-electron chi connectivity index (χ0n) is 6.65. The molecule has 5 heteroatoms. The molecule has 12 heavy (non-hydrogen) atoms. The second kappa shape index (κ2) is 3.25. The fraction of sp³-hybridized carbons (Fsp3) is 0.714. The van der Waals surface area contributed by atoms with E-state index in [9.17, 15) is 13.2 Å². The summed E-state index contributed by atoms with van der Waals surface area (Å²) in [5.74, 6) is 0.522. The van der Waals surface area contributed by atoms with Crippen molar-refractivity contribution in [1.82, 2.24) is 0 Å². The van der Waals surface area contributed by atoms with Gasteiger partial charge in [-0.2, -0.15) is 13.2 Å². The Balaban J connectivity index is 2.49. The minimum atomic E-state index is -4.16. The van der Waals surface area contributed by atoms with E-state index in [0.29, 0.717) is 12.3 Å². The van der Waals surface area contributed by atoms with E-state index in [1.807, 2.05) is 6.92 Å². The summed E-state index contributed by atoms with van der Waals surface area (Å²) in [6.07, 6.45) is -4.49. The number of rotatable bonds is 2. The lowest BCUT2D eigenvalue weighted by molar-refractivity contribution is -0.121. The quantitative estimate of drug-likeness (QED) is 0.619. The van der Waals surface area contributed by atoms with Crippen molar-refractivity contribution in [3.63, 3.8) is 0 Å². The van der Waals surface area contributed by atoms with Crippen molar-refractivity contribution in [1.29, 1.82) is 0 Å². The molecule has 1 aliphatic heterocycles. The van der Waals surface area contributed by atoms with Crippen LogP contribution in [0.3, 0.4) is 0 Å². The number of alkyl halides is 3. The molecule has 0 radical (unpaired) electrons. The number of halogens is 3. The third kappa shape index (κ3) is 2.64. The fourth-order valence-corrected chi connectivity index (χ4v) is 0.953. The normalized spacial score (nSPS) is 17.7. The van der Waals surface area contributed by atoms with Crippen molar-refractivity contribution in [3.8, 4) is 0 Å². The predicted octanol–water partition coefficient (Wildman–Crippen LogP) is 2.20. The van der Waals surface area contributed by atoms with Crippen LogP contribution in [0.15, 0.2) is 9.98 Å². The molecule has 2 nitrogen and oxygen atoms in total. The van der Waals surface area contributed by atoms with Crippen molar-refractivity contribution in [2.75, 3.05) is 6.54 Å². The molecule has 0 unspecified atom stereocenters. The van der Waals surface area contributed by atoms with E-state index in [1.54, 1.807) is 0 Å². The molecule has 0 N–H and O–H groups in total. The molecule has 0 atom stereocenters. The molecule has 1 rings (SSSR count). The van der Waals surface area contributed by atoms with E-state index in [1.165, 1.54) is 0 Å². The molecule has 0 spiro atoms. The van der Waals surface area contributed by atoms with Crippen LogP contribution >= 0.6 is 0 Å². The zero-order chi connectivity index (χ0) is 9.19. The maximum absolute atomic E-state index is 11.8. The van der Waals surface area contributed by atoms with Crippen LogP contribution < -0.4 is 0 Å². The molecular formula is C7H9F3N2. The summed E-state index contributed by atoms with van der Waals surface area (Å²) in [7, 11) is 0. The van der Waals surface area contributed by atoms with Gasteiger partial charge in [-0.15, -0.1) is 0 Å². The molecule has 0 aromatic carbocycles. The van der Waals surface area contributed by atoms with E-state index in [0.717, 1.165) is 0 Å². The first-order valence-electron chi connectivity index (χ1n) is 3.68. The van der Waals surface area contributed by atoms with Crippen molar-refractivity contribution < 1.29 is 13.2 Å². The van der Waals surface area contributed by atoms with Gasteiger partial charge in [-0.25, -0.2) is 4.99 Å². The highest BCUT2D eigenvalue weighted by molar-refractivity contribution is 6.04. The standard InChI is InChI=1S/C7H9F3N2/c1-2-6-11-4-5(12-6)3-7(8,9)10/h2-4H2,1H3. The number of hydrogen-bond acceptors (Lipinski definition) is 2. The van der Waals surface area contributed by atoms with Gasteiger partial charge >= 0.3 is 6.18 Å².